The molecule has 0 fully saturated rings. The zero-order valence-electron chi connectivity index (χ0n) is 11.7. The molecule has 0 aliphatic carbocycles. The number of amides is 2. The van der Waals surface area contributed by atoms with Gasteiger partial charge in [0.1, 0.15) is 0 Å². The molecule has 0 saturated carbocycles. The van der Waals surface area contributed by atoms with Crippen molar-refractivity contribution in [1.29, 1.82) is 0 Å². The van der Waals surface area contributed by atoms with Crippen molar-refractivity contribution < 1.29 is 9.59 Å². The van der Waals surface area contributed by atoms with Crippen molar-refractivity contribution in [3.8, 4) is 0 Å². The number of hydrogen-bond acceptors (Lipinski definition) is 3. The van der Waals surface area contributed by atoms with Crippen LogP contribution >= 0.6 is 11.8 Å². The molecule has 0 atom stereocenters. The van der Waals surface area contributed by atoms with Gasteiger partial charge in [-0.1, -0.05) is 32.3 Å². The Labute approximate surface area is 124 Å². The number of thioether (sulfide) groups is 1. The summed E-state index contributed by atoms with van der Waals surface area (Å²) in [6.45, 7) is 2.20. The van der Waals surface area contributed by atoms with E-state index >= 15 is 0 Å². The van der Waals surface area contributed by atoms with Gasteiger partial charge in [0.25, 0.3) is 11.8 Å². The number of imide groups is 1. The number of anilines is 1. The largest absolute Gasteiger partial charge is 0.269 e. The highest BCUT2D eigenvalue weighted by Gasteiger charge is 2.24. The Kier molecular flexibility index (Phi) is 5.41. The highest BCUT2D eigenvalue weighted by molar-refractivity contribution is 7.99. The number of rotatable bonds is 7. The van der Waals surface area contributed by atoms with E-state index < -0.39 is 0 Å². The van der Waals surface area contributed by atoms with Gasteiger partial charge in [0.2, 0.25) is 0 Å². The van der Waals surface area contributed by atoms with E-state index in [-0.39, 0.29) is 11.8 Å². The lowest BCUT2D eigenvalue weighted by atomic mass is 10.2. The molecule has 0 aromatic heterocycles. The Morgan fingerprint density at radius 3 is 2.50 bits per heavy atom. The van der Waals surface area contributed by atoms with Gasteiger partial charge < -0.3 is 0 Å². The number of carbonyl (C=O) groups is 2. The number of carbonyl (C=O) groups excluding carboxylic acids is 2. The highest BCUT2D eigenvalue weighted by atomic mass is 32.2. The minimum atomic E-state index is -0.264. The van der Waals surface area contributed by atoms with E-state index in [1.54, 1.807) is 17.8 Å². The van der Waals surface area contributed by atoms with E-state index in [2.05, 4.69) is 6.92 Å². The third-order valence-corrected chi connectivity index (χ3v) is 4.23. The smallest absolute Gasteiger partial charge is 0.258 e. The van der Waals surface area contributed by atoms with E-state index in [1.165, 1.54) is 42.7 Å². The third-order valence-electron chi connectivity index (χ3n) is 3.15. The summed E-state index contributed by atoms with van der Waals surface area (Å²) in [4.78, 5) is 25.6. The molecule has 106 valence electrons. The summed E-state index contributed by atoms with van der Waals surface area (Å²) >= 11 is 1.78. The van der Waals surface area contributed by atoms with Crippen LogP contribution in [0.2, 0.25) is 0 Å². The second kappa shape index (κ2) is 7.29. The molecule has 0 N–H and O–H groups in total. The lowest BCUT2D eigenvalue weighted by Crippen LogP contribution is -2.29. The summed E-state index contributed by atoms with van der Waals surface area (Å²) in [6, 6.07) is 7.62. The van der Waals surface area contributed by atoms with Gasteiger partial charge in [-0.2, -0.15) is 0 Å². The van der Waals surface area contributed by atoms with Gasteiger partial charge in [-0.3, -0.25) is 9.59 Å². The van der Waals surface area contributed by atoms with Crippen LogP contribution in [-0.4, -0.2) is 17.6 Å². The molecule has 1 aromatic rings. The predicted octanol–water partition coefficient (Wildman–Crippen LogP) is 3.79. The summed E-state index contributed by atoms with van der Waals surface area (Å²) in [5, 5.41) is 0. The maximum absolute atomic E-state index is 11.6. The van der Waals surface area contributed by atoms with Crippen LogP contribution in [0.5, 0.6) is 0 Å². The maximum Gasteiger partial charge on any atom is 0.258 e. The average molecular weight is 289 g/mol. The molecule has 1 aliphatic heterocycles. The first kappa shape index (κ1) is 14.9. The fraction of sp³-hybridized carbons (Fsp3) is 0.375. The van der Waals surface area contributed by atoms with E-state index in [1.807, 2.05) is 18.2 Å². The Morgan fingerprint density at radius 1 is 1.05 bits per heavy atom. The Balaban J connectivity index is 1.94. The van der Waals surface area contributed by atoms with Crippen LogP contribution in [0.25, 0.3) is 0 Å². The maximum atomic E-state index is 11.6. The molecule has 0 radical (unpaired) electrons. The van der Waals surface area contributed by atoms with E-state index in [0.29, 0.717) is 5.69 Å². The summed E-state index contributed by atoms with van der Waals surface area (Å²) in [7, 11) is 0. The lowest BCUT2D eigenvalue weighted by molar-refractivity contribution is -0.119. The van der Waals surface area contributed by atoms with E-state index in [9.17, 15) is 9.59 Å². The molecule has 1 aliphatic rings. The van der Waals surface area contributed by atoms with Crippen molar-refractivity contribution in [2.24, 2.45) is 0 Å². The number of unbranched alkanes of at least 4 members (excludes halogenated alkanes) is 3. The fourth-order valence-electron chi connectivity index (χ4n) is 2.09. The molecule has 0 bridgehead atoms. The second-order valence-electron chi connectivity index (χ2n) is 4.75. The fourth-order valence-corrected chi connectivity index (χ4v) is 3.05. The highest BCUT2D eigenvalue weighted by Crippen LogP contribution is 2.26. The second-order valence-corrected chi connectivity index (χ2v) is 5.92. The number of nitrogens with zero attached hydrogens (tertiary/aromatic N) is 1. The van der Waals surface area contributed by atoms with Crippen molar-refractivity contribution >= 4 is 29.3 Å². The number of hydrogen-bond donors (Lipinski definition) is 0. The zero-order valence-corrected chi connectivity index (χ0v) is 12.5. The Morgan fingerprint density at radius 2 is 1.80 bits per heavy atom. The van der Waals surface area contributed by atoms with Crippen LogP contribution in [0.4, 0.5) is 5.69 Å². The topological polar surface area (TPSA) is 37.4 Å². The molecule has 4 heteroatoms. The van der Waals surface area contributed by atoms with Gasteiger partial charge in [0, 0.05) is 17.0 Å². The van der Waals surface area contributed by atoms with Crippen molar-refractivity contribution in [3.05, 3.63) is 36.4 Å². The quantitative estimate of drug-likeness (QED) is 0.435. The van der Waals surface area contributed by atoms with Crippen LogP contribution < -0.4 is 4.90 Å². The molecule has 0 unspecified atom stereocenters. The van der Waals surface area contributed by atoms with E-state index in [0.717, 1.165) is 10.6 Å². The molecular weight excluding hydrogens is 270 g/mol. The van der Waals surface area contributed by atoms with Crippen LogP contribution in [0.3, 0.4) is 0 Å². The van der Waals surface area contributed by atoms with Gasteiger partial charge in [-0.25, -0.2) is 4.90 Å². The minimum Gasteiger partial charge on any atom is -0.269 e. The monoisotopic (exact) mass is 289 g/mol. The Hall–Kier alpha value is -1.55. The van der Waals surface area contributed by atoms with Gasteiger partial charge in [0.05, 0.1) is 5.69 Å². The summed E-state index contributed by atoms with van der Waals surface area (Å²) in [5.41, 5.74) is 0.656. The average Bonchev–Trinajstić information content (AvgIpc) is 2.78. The molecule has 0 saturated heterocycles. The van der Waals surface area contributed by atoms with E-state index in [4.69, 9.17) is 0 Å². The van der Waals surface area contributed by atoms with Gasteiger partial charge in [-0.15, -0.1) is 11.8 Å². The summed E-state index contributed by atoms with van der Waals surface area (Å²) in [6.07, 6.45) is 7.61. The van der Waals surface area contributed by atoms with Gasteiger partial charge >= 0.3 is 0 Å². The SMILES string of the molecule is CCCCCCSc1cccc(N2C(=O)C=CC2=O)c1. The van der Waals surface area contributed by atoms with Crippen LogP contribution in [0, 0.1) is 0 Å². The molecule has 0 spiro atoms. The molecular formula is C16H19NO2S. The van der Waals surface area contributed by atoms with Gasteiger partial charge in [0.15, 0.2) is 0 Å². The first-order chi connectivity index (χ1) is 9.72. The summed E-state index contributed by atoms with van der Waals surface area (Å²) < 4.78 is 0. The van der Waals surface area contributed by atoms with Gasteiger partial charge in [-0.05, 0) is 30.4 Å². The van der Waals surface area contributed by atoms with Crippen molar-refractivity contribution in [1.82, 2.24) is 0 Å². The molecule has 3 nitrogen and oxygen atoms in total. The van der Waals surface area contributed by atoms with Crippen LogP contribution in [0.15, 0.2) is 41.3 Å². The van der Waals surface area contributed by atoms with Crippen LogP contribution in [0.1, 0.15) is 32.6 Å². The third kappa shape index (κ3) is 3.73. The molecule has 2 rings (SSSR count). The molecule has 1 heterocycles. The van der Waals surface area contributed by atoms with Crippen molar-refractivity contribution in [2.45, 2.75) is 37.5 Å². The normalized spacial score (nSPS) is 14.3. The number of benzene rings is 1. The lowest BCUT2D eigenvalue weighted by Gasteiger charge is -2.14. The molecule has 2 amide bonds. The zero-order chi connectivity index (χ0) is 14.4. The first-order valence-electron chi connectivity index (χ1n) is 7.01. The summed E-state index contributed by atoms with van der Waals surface area (Å²) in [5.74, 6) is 0.545. The standard InChI is InChI=1S/C16H19NO2S/c1-2-3-4-5-11-20-14-8-6-7-13(12-14)17-15(18)9-10-16(17)19/h6-10,12H,2-5,11H2,1H3. The first-order valence-corrected chi connectivity index (χ1v) is 8.00. The minimum absolute atomic E-state index is 0.264. The molecule has 1 aromatic carbocycles. The van der Waals surface area contributed by atoms with Crippen molar-refractivity contribution in [3.63, 3.8) is 0 Å². The van der Waals surface area contributed by atoms with Crippen LogP contribution in [-0.2, 0) is 9.59 Å². The Bertz CT molecular complexity index is 507. The van der Waals surface area contributed by atoms with Crippen molar-refractivity contribution in [2.75, 3.05) is 10.7 Å². The molecule has 20 heavy (non-hydrogen) atoms. The predicted molar refractivity (Wildman–Crippen MR) is 82.9 cm³/mol.